The van der Waals surface area contributed by atoms with Gasteiger partial charge in [-0.15, -0.1) is 0 Å². The lowest BCUT2D eigenvalue weighted by molar-refractivity contribution is -0.0734. The lowest BCUT2D eigenvalue weighted by Gasteiger charge is -2.35. The highest BCUT2D eigenvalue weighted by molar-refractivity contribution is 5.99. The van der Waals surface area contributed by atoms with Crippen LogP contribution in [0.15, 0.2) is 18.2 Å². The van der Waals surface area contributed by atoms with Crippen molar-refractivity contribution < 1.29 is 14.6 Å². The molecule has 0 aromatic heterocycles. The molecule has 0 unspecified atom stereocenters. The fraction of sp³-hybridized carbons (Fsp3) is 0.533. The number of amides is 1. The zero-order chi connectivity index (χ0) is 14.8. The Morgan fingerprint density at radius 1 is 1.45 bits per heavy atom. The van der Waals surface area contributed by atoms with Gasteiger partial charge in [0.2, 0.25) is 0 Å². The van der Waals surface area contributed by atoms with Gasteiger partial charge in [0.15, 0.2) is 0 Å². The molecule has 0 radical (unpaired) electrons. The molecule has 3 N–H and O–H groups in total. The van der Waals surface area contributed by atoms with E-state index in [9.17, 15) is 9.90 Å². The zero-order valence-corrected chi connectivity index (χ0v) is 12.1. The Hall–Kier alpha value is -1.59. The maximum Gasteiger partial charge on any atom is 0.255 e. The molecule has 1 fully saturated rings. The minimum Gasteiger partial charge on any atom is -0.398 e. The topological polar surface area (TPSA) is 75.8 Å². The van der Waals surface area contributed by atoms with Gasteiger partial charge in [-0.25, -0.2) is 0 Å². The van der Waals surface area contributed by atoms with Crippen molar-refractivity contribution in [2.75, 3.05) is 32.5 Å². The number of nitrogen functional groups attached to an aromatic ring is 1. The lowest BCUT2D eigenvalue weighted by Crippen LogP contribution is -2.47. The van der Waals surface area contributed by atoms with Crippen molar-refractivity contribution in [3.63, 3.8) is 0 Å². The Morgan fingerprint density at radius 2 is 2.10 bits per heavy atom. The van der Waals surface area contributed by atoms with E-state index in [0.29, 0.717) is 43.9 Å². The minimum atomic E-state index is -0.860. The molecule has 5 nitrogen and oxygen atoms in total. The summed E-state index contributed by atoms with van der Waals surface area (Å²) in [5.41, 5.74) is 6.94. The first-order chi connectivity index (χ1) is 9.41. The van der Waals surface area contributed by atoms with Crippen LogP contribution in [0.5, 0.6) is 0 Å². The van der Waals surface area contributed by atoms with Gasteiger partial charge >= 0.3 is 0 Å². The summed E-state index contributed by atoms with van der Waals surface area (Å²) >= 11 is 0. The van der Waals surface area contributed by atoms with Crippen LogP contribution >= 0.6 is 0 Å². The fourth-order valence-electron chi connectivity index (χ4n) is 2.48. The number of aliphatic hydroxyl groups is 1. The van der Waals surface area contributed by atoms with E-state index in [4.69, 9.17) is 10.5 Å². The zero-order valence-electron chi connectivity index (χ0n) is 12.1. The summed E-state index contributed by atoms with van der Waals surface area (Å²) in [4.78, 5) is 14.0. The molecule has 1 amide bonds. The third kappa shape index (κ3) is 3.29. The smallest absolute Gasteiger partial charge is 0.255 e. The molecule has 2 rings (SSSR count). The molecule has 1 saturated heterocycles. The van der Waals surface area contributed by atoms with Crippen LogP contribution in [0, 0.1) is 6.92 Å². The molecule has 1 aliphatic heterocycles. The number of nitrogens with zero attached hydrogens (tertiary/aromatic N) is 1. The fourth-order valence-corrected chi connectivity index (χ4v) is 2.48. The Bertz CT molecular complexity index is 496. The van der Waals surface area contributed by atoms with E-state index in [1.807, 2.05) is 13.0 Å². The first kappa shape index (κ1) is 14.8. The molecule has 5 heteroatoms. The van der Waals surface area contributed by atoms with Crippen LogP contribution in [0.4, 0.5) is 5.69 Å². The third-order valence-corrected chi connectivity index (χ3v) is 3.74. The van der Waals surface area contributed by atoms with Gasteiger partial charge < -0.3 is 20.5 Å². The quantitative estimate of drug-likeness (QED) is 0.814. The van der Waals surface area contributed by atoms with Crippen LogP contribution in [0.1, 0.15) is 28.8 Å². The first-order valence-corrected chi connectivity index (χ1v) is 6.83. The minimum absolute atomic E-state index is 0.161. The highest BCUT2D eigenvalue weighted by atomic mass is 16.5. The number of hydrogen-bond acceptors (Lipinski definition) is 4. The summed E-state index contributed by atoms with van der Waals surface area (Å²) in [5, 5.41) is 10.5. The van der Waals surface area contributed by atoms with Gasteiger partial charge in [-0.3, -0.25) is 4.79 Å². The van der Waals surface area contributed by atoms with Gasteiger partial charge in [0.25, 0.3) is 5.91 Å². The van der Waals surface area contributed by atoms with Crippen LogP contribution in [0.2, 0.25) is 0 Å². The second-order valence-corrected chi connectivity index (χ2v) is 5.59. The SMILES string of the molecule is Cc1ccc(N)c(C(=O)N(C)CC2(O)CCOCC2)c1. The summed E-state index contributed by atoms with van der Waals surface area (Å²) in [6.07, 6.45) is 1.10. The molecule has 1 aromatic rings. The van der Waals surface area contributed by atoms with Crippen LogP contribution in [0.25, 0.3) is 0 Å². The highest BCUT2D eigenvalue weighted by Gasteiger charge is 2.32. The second-order valence-electron chi connectivity index (χ2n) is 5.59. The molecule has 0 saturated carbocycles. The van der Waals surface area contributed by atoms with E-state index >= 15 is 0 Å². The van der Waals surface area contributed by atoms with E-state index in [2.05, 4.69) is 0 Å². The number of likely N-dealkylation sites (N-methyl/N-ethyl adjacent to an activating group) is 1. The number of carbonyl (C=O) groups excluding carboxylic acids is 1. The molecule has 20 heavy (non-hydrogen) atoms. The molecule has 1 aromatic carbocycles. The molecular weight excluding hydrogens is 256 g/mol. The number of aryl methyl sites for hydroxylation is 1. The number of anilines is 1. The maximum absolute atomic E-state index is 12.4. The lowest BCUT2D eigenvalue weighted by atomic mass is 9.93. The van der Waals surface area contributed by atoms with Crippen molar-refractivity contribution >= 4 is 11.6 Å². The van der Waals surface area contributed by atoms with Gasteiger partial charge in [0.1, 0.15) is 0 Å². The van der Waals surface area contributed by atoms with Crippen LogP contribution < -0.4 is 5.73 Å². The monoisotopic (exact) mass is 278 g/mol. The van der Waals surface area contributed by atoms with Gasteiger partial charge in [-0.05, 0) is 19.1 Å². The molecule has 1 heterocycles. The summed E-state index contributed by atoms with van der Waals surface area (Å²) in [6.45, 7) is 3.28. The van der Waals surface area contributed by atoms with E-state index in [-0.39, 0.29) is 5.91 Å². The van der Waals surface area contributed by atoms with Crippen LogP contribution in [0.3, 0.4) is 0 Å². The molecule has 110 valence electrons. The van der Waals surface area contributed by atoms with Gasteiger partial charge in [0.05, 0.1) is 11.2 Å². The largest absolute Gasteiger partial charge is 0.398 e. The number of benzene rings is 1. The third-order valence-electron chi connectivity index (χ3n) is 3.74. The molecule has 0 atom stereocenters. The van der Waals surface area contributed by atoms with Crippen molar-refractivity contribution in [2.24, 2.45) is 0 Å². The van der Waals surface area contributed by atoms with Gasteiger partial charge in [-0.2, -0.15) is 0 Å². The summed E-state index contributed by atoms with van der Waals surface area (Å²) < 4.78 is 5.24. The Kier molecular flexibility index (Phi) is 4.30. The van der Waals surface area contributed by atoms with Crippen LogP contribution in [-0.4, -0.2) is 48.3 Å². The van der Waals surface area contributed by atoms with Gasteiger partial charge in [-0.1, -0.05) is 11.6 Å². The van der Waals surface area contributed by atoms with Crippen molar-refractivity contribution in [3.8, 4) is 0 Å². The number of rotatable bonds is 3. The predicted octanol–water partition coefficient (Wildman–Crippen LogP) is 1.19. The molecule has 1 aliphatic rings. The highest BCUT2D eigenvalue weighted by Crippen LogP contribution is 2.23. The first-order valence-electron chi connectivity index (χ1n) is 6.83. The maximum atomic E-state index is 12.4. The number of hydrogen-bond donors (Lipinski definition) is 2. The summed E-state index contributed by atoms with van der Waals surface area (Å²) in [5.74, 6) is -0.161. The van der Waals surface area contributed by atoms with E-state index < -0.39 is 5.60 Å². The van der Waals surface area contributed by atoms with Crippen LogP contribution in [-0.2, 0) is 4.74 Å². The van der Waals surface area contributed by atoms with E-state index in [1.54, 1.807) is 19.2 Å². The Balaban J connectivity index is 2.10. The molecule has 0 bridgehead atoms. The van der Waals surface area contributed by atoms with Crippen molar-refractivity contribution in [3.05, 3.63) is 29.3 Å². The Morgan fingerprint density at radius 3 is 2.75 bits per heavy atom. The molecule has 0 spiro atoms. The van der Waals surface area contributed by atoms with Crippen molar-refractivity contribution in [1.82, 2.24) is 4.90 Å². The van der Waals surface area contributed by atoms with Crippen molar-refractivity contribution in [2.45, 2.75) is 25.4 Å². The molecule has 0 aliphatic carbocycles. The summed E-state index contributed by atoms with van der Waals surface area (Å²) in [7, 11) is 1.69. The van der Waals surface area contributed by atoms with Crippen molar-refractivity contribution in [1.29, 1.82) is 0 Å². The average molecular weight is 278 g/mol. The molecular formula is C15H22N2O3. The average Bonchev–Trinajstić information content (AvgIpc) is 2.41. The van der Waals surface area contributed by atoms with E-state index in [1.165, 1.54) is 4.90 Å². The second kappa shape index (κ2) is 5.81. The van der Waals surface area contributed by atoms with E-state index in [0.717, 1.165) is 5.56 Å². The number of carbonyl (C=O) groups is 1. The summed E-state index contributed by atoms with van der Waals surface area (Å²) in [6, 6.07) is 5.39. The Labute approximate surface area is 119 Å². The standard InChI is InChI=1S/C15H22N2O3/c1-11-3-4-13(16)12(9-11)14(18)17(2)10-15(19)5-7-20-8-6-15/h3-4,9,19H,5-8,10,16H2,1-2H3. The number of ether oxygens (including phenoxy) is 1. The normalized spacial score (nSPS) is 17.8. The van der Waals surface area contributed by atoms with Gasteiger partial charge in [0, 0.05) is 45.3 Å². The number of nitrogens with two attached hydrogens (primary N) is 1. The predicted molar refractivity (Wildman–Crippen MR) is 77.6 cm³/mol.